The summed E-state index contributed by atoms with van der Waals surface area (Å²) in [5.74, 6) is 0.716. The lowest BCUT2D eigenvalue weighted by atomic mass is 9.94. The van der Waals surface area contributed by atoms with Gasteiger partial charge in [-0.05, 0) is 37.4 Å². The van der Waals surface area contributed by atoms with Crippen molar-refractivity contribution in [2.45, 2.75) is 18.9 Å². The standard InChI is InChI=1S/C15H20ClN3O/c16-12-5-1-2-6-13(12)18-15(20)10-19-8-11-4-3-7-17-14(11)9-19/h1-2,5-6,11,14,17H,3-4,7-10H2,(H,18,20)/t11-,14+/m0/s1. The van der Waals surface area contributed by atoms with Gasteiger partial charge < -0.3 is 10.6 Å². The summed E-state index contributed by atoms with van der Waals surface area (Å²) in [6.07, 6.45) is 2.53. The minimum absolute atomic E-state index is 0.0109. The van der Waals surface area contributed by atoms with Crippen LogP contribution < -0.4 is 10.6 Å². The van der Waals surface area contributed by atoms with Crippen LogP contribution in [0, 0.1) is 5.92 Å². The second-order valence-corrected chi connectivity index (χ2v) is 6.09. The van der Waals surface area contributed by atoms with Gasteiger partial charge in [0.05, 0.1) is 17.3 Å². The topological polar surface area (TPSA) is 44.4 Å². The number of piperidine rings is 1. The summed E-state index contributed by atoms with van der Waals surface area (Å²) >= 11 is 6.05. The minimum atomic E-state index is 0.0109. The highest BCUT2D eigenvalue weighted by Crippen LogP contribution is 2.25. The van der Waals surface area contributed by atoms with E-state index in [9.17, 15) is 4.79 Å². The molecule has 1 aromatic carbocycles. The Kier molecular flexibility index (Phi) is 4.24. The Balaban J connectivity index is 1.53. The van der Waals surface area contributed by atoms with Crippen LogP contribution in [0.3, 0.4) is 0 Å². The predicted molar refractivity (Wildman–Crippen MR) is 81.0 cm³/mol. The molecular weight excluding hydrogens is 274 g/mol. The molecule has 4 nitrogen and oxygen atoms in total. The number of carbonyl (C=O) groups excluding carboxylic acids is 1. The Labute approximate surface area is 124 Å². The van der Waals surface area contributed by atoms with Gasteiger partial charge in [-0.25, -0.2) is 0 Å². The first-order chi connectivity index (χ1) is 9.72. The molecule has 0 saturated carbocycles. The largest absolute Gasteiger partial charge is 0.324 e. The number of benzene rings is 1. The first kappa shape index (κ1) is 13.9. The first-order valence-corrected chi connectivity index (χ1v) is 7.60. The predicted octanol–water partition coefficient (Wildman–Crippen LogP) is 1.96. The van der Waals surface area contributed by atoms with Gasteiger partial charge in [0.2, 0.25) is 5.91 Å². The SMILES string of the molecule is O=C(CN1C[C@@H]2CCCN[C@@H]2C1)Nc1ccccc1Cl. The molecule has 0 radical (unpaired) electrons. The molecule has 20 heavy (non-hydrogen) atoms. The molecule has 1 aromatic rings. The van der Waals surface area contributed by atoms with Gasteiger partial charge in [-0.15, -0.1) is 0 Å². The fraction of sp³-hybridized carbons (Fsp3) is 0.533. The Morgan fingerprint density at radius 1 is 1.40 bits per heavy atom. The molecule has 2 N–H and O–H groups in total. The summed E-state index contributed by atoms with van der Waals surface area (Å²) in [7, 11) is 0. The first-order valence-electron chi connectivity index (χ1n) is 7.22. The zero-order valence-electron chi connectivity index (χ0n) is 11.4. The number of anilines is 1. The number of hydrogen-bond donors (Lipinski definition) is 2. The third-order valence-electron chi connectivity index (χ3n) is 4.19. The van der Waals surface area contributed by atoms with Gasteiger partial charge in [0.1, 0.15) is 0 Å². The molecule has 2 heterocycles. The van der Waals surface area contributed by atoms with Gasteiger partial charge in [0.25, 0.3) is 0 Å². The lowest BCUT2D eigenvalue weighted by molar-refractivity contribution is -0.117. The van der Waals surface area contributed by atoms with Crippen LogP contribution in [0.1, 0.15) is 12.8 Å². The van der Waals surface area contributed by atoms with Crippen LogP contribution in [0.25, 0.3) is 0 Å². The normalized spacial score (nSPS) is 26.2. The van der Waals surface area contributed by atoms with Crippen molar-refractivity contribution in [3.05, 3.63) is 29.3 Å². The van der Waals surface area contributed by atoms with Gasteiger partial charge >= 0.3 is 0 Å². The Morgan fingerprint density at radius 2 is 2.25 bits per heavy atom. The number of hydrogen-bond acceptors (Lipinski definition) is 3. The molecule has 0 bridgehead atoms. The van der Waals surface area contributed by atoms with Gasteiger partial charge in [0, 0.05) is 19.1 Å². The maximum atomic E-state index is 12.1. The molecule has 2 aliphatic rings. The van der Waals surface area contributed by atoms with Crippen LogP contribution in [-0.2, 0) is 4.79 Å². The van der Waals surface area contributed by atoms with E-state index in [1.54, 1.807) is 6.07 Å². The maximum Gasteiger partial charge on any atom is 0.238 e. The molecule has 2 saturated heterocycles. The van der Waals surface area contributed by atoms with Crippen molar-refractivity contribution in [3.8, 4) is 0 Å². The summed E-state index contributed by atoms with van der Waals surface area (Å²) in [6.45, 7) is 3.55. The summed E-state index contributed by atoms with van der Waals surface area (Å²) in [6, 6.07) is 7.90. The zero-order valence-corrected chi connectivity index (χ0v) is 12.2. The second kappa shape index (κ2) is 6.12. The molecule has 5 heteroatoms. The number of carbonyl (C=O) groups is 1. The molecule has 1 amide bonds. The lowest BCUT2D eigenvalue weighted by Gasteiger charge is -2.24. The lowest BCUT2D eigenvalue weighted by Crippen LogP contribution is -2.41. The van der Waals surface area contributed by atoms with Gasteiger partial charge in [0.15, 0.2) is 0 Å². The maximum absolute atomic E-state index is 12.1. The average Bonchev–Trinajstić information content (AvgIpc) is 2.83. The fourth-order valence-corrected chi connectivity index (χ4v) is 3.40. The van der Waals surface area contributed by atoms with E-state index in [2.05, 4.69) is 15.5 Å². The van der Waals surface area contributed by atoms with E-state index < -0.39 is 0 Å². The van der Waals surface area contributed by atoms with Crippen molar-refractivity contribution < 1.29 is 4.79 Å². The Hall–Kier alpha value is -1.10. The summed E-state index contributed by atoms with van der Waals surface area (Å²) in [5.41, 5.74) is 0.689. The number of amides is 1. The Bertz CT molecular complexity index is 480. The van der Waals surface area contributed by atoms with Crippen LogP contribution in [0.15, 0.2) is 24.3 Å². The van der Waals surface area contributed by atoms with E-state index in [0.717, 1.165) is 19.6 Å². The molecule has 3 rings (SSSR count). The van der Waals surface area contributed by atoms with Crippen LogP contribution in [-0.4, -0.2) is 43.0 Å². The van der Waals surface area contributed by atoms with E-state index in [4.69, 9.17) is 11.6 Å². The number of nitrogens with zero attached hydrogens (tertiary/aromatic N) is 1. The van der Waals surface area contributed by atoms with Crippen molar-refractivity contribution in [2.75, 3.05) is 31.5 Å². The molecule has 0 spiro atoms. The van der Waals surface area contributed by atoms with Crippen LogP contribution in [0.5, 0.6) is 0 Å². The summed E-state index contributed by atoms with van der Waals surface area (Å²) in [4.78, 5) is 14.3. The summed E-state index contributed by atoms with van der Waals surface area (Å²) in [5, 5.41) is 7.02. The smallest absolute Gasteiger partial charge is 0.238 e. The van der Waals surface area contributed by atoms with Crippen LogP contribution >= 0.6 is 11.6 Å². The number of fused-ring (bicyclic) bond motifs is 1. The van der Waals surface area contributed by atoms with E-state index in [1.165, 1.54) is 12.8 Å². The highest BCUT2D eigenvalue weighted by molar-refractivity contribution is 6.33. The van der Waals surface area contributed by atoms with Gasteiger partial charge in [-0.1, -0.05) is 23.7 Å². The van der Waals surface area contributed by atoms with Crippen molar-refractivity contribution in [3.63, 3.8) is 0 Å². The molecule has 0 unspecified atom stereocenters. The molecule has 0 aromatic heterocycles. The molecule has 0 aliphatic carbocycles. The second-order valence-electron chi connectivity index (χ2n) is 5.69. The number of nitrogens with one attached hydrogen (secondary N) is 2. The molecule has 2 fully saturated rings. The minimum Gasteiger partial charge on any atom is -0.324 e. The quantitative estimate of drug-likeness (QED) is 0.895. The van der Waals surface area contributed by atoms with Crippen molar-refractivity contribution in [2.24, 2.45) is 5.92 Å². The number of para-hydroxylation sites is 1. The number of likely N-dealkylation sites (tertiary alicyclic amines) is 1. The van der Waals surface area contributed by atoms with E-state index >= 15 is 0 Å². The average molecular weight is 294 g/mol. The van der Waals surface area contributed by atoms with Gasteiger partial charge in [-0.2, -0.15) is 0 Å². The van der Waals surface area contributed by atoms with Gasteiger partial charge in [-0.3, -0.25) is 9.69 Å². The highest BCUT2D eigenvalue weighted by atomic mass is 35.5. The third kappa shape index (κ3) is 3.14. The summed E-state index contributed by atoms with van der Waals surface area (Å²) < 4.78 is 0. The van der Waals surface area contributed by atoms with Crippen molar-refractivity contribution in [1.82, 2.24) is 10.2 Å². The zero-order chi connectivity index (χ0) is 13.9. The van der Waals surface area contributed by atoms with Crippen molar-refractivity contribution >= 4 is 23.2 Å². The fourth-order valence-electron chi connectivity index (χ4n) is 3.22. The van der Waals surface area contributed by atoms with E-state index in [1.807, 2.05) is 18.2 Å². The third-order valence-corrected chi connectivity index (χ3v) is 4.52. The highest BCUT2D eigenvalue weighted by Gasteiger charge is 2.34. The van der Waals surface area contributed by atoms with Crippen molar-refractivity contribution in [1.29, 1.82) is 0 Å². The van der Waals surface area contributed by atoms with E-state index in [-0.39, 0.29) is 5.91 Å². The Morgan fingerprint density at radius 3 is 3.05 bits per heavy atom. The number of rotatable bonds is 3. The van der Waals surface area contributed by atoms with E-state index in [0.29, 0.717) is 29.2 Å². The molecular formula is C15H20ClN3O. The molecule has 2 atom stereocenters. The monoisotopic (exact) mass is 293 g/mol. The molecule has 2 aliphatic heterocycles. The molecule has 108 valence electrons. The van der Waals surface area contributed by atoms with Crippen LogP contribution in [0.2, 0.25) is 5.02 Å². The number of halogens is 1. The van der Waals surface area contributed by atoms with Crippen LogP contribution in [0.4, 0.5) is 5.69 Å².